The number of para-hydroxylation sites is 2. The first-order valence-corrected chi connectivity index (χ1v) is 20.9. The molecule has 1 aliphatic heterocycles. The van der Waals surface area contributed by atoms with Gasteiger partial charge in [-0.3, -0.25) is 10.1 Å². The Kier molecular flexibility index (Phi) is 12.0. The number of hydrogen-bond donors (Lipinski definition) is 1. The molecule has 300 valence electrons. The molecule has 1 fully saturated rings. The van der Waals surface area contributed by atoms with Gasteiger partial charge in [-0.05, 0) is 0 Å². The van der Waals surface area contributed by atoms with Gasteiger partial charge in [-0.15, -0.1) is 0 Å². The van der Waals surface area contributed by atoms with Gasteiger partial charge in [0.25, 0.3) is 0 Å². The van der Waals surface area contributed by atoms with E-state index in [-0.39, 0.29) is 41.8 Å². The summed E-state index contributed by atoms with van der Waals surface area (Å²) in [6, 6.07) is 38.8. The standard InChI is InChI=1S/C43H42N3O11P/c1-31(57-41(49)55-28-32-16-12-14-24-37(32)45(51)52)39-40(48)44(43(39,2)26-27-47)30-58(34-18-6-3-7-19-34,35-20-8-4-9-21-35,36-22-10-5-11-23-36)42(50)56-29-33-17-13-15-25-38(33)46(53)54/h3-25,31,39,47H,26-30H2,1-2H3. The number of β-lactam (4-membered cyclic amide) rings is 1. The number of aliphatic hydroxyl groups is 1. The van der Waals surface area contributed by atoms with E-state index < -0.39 is 65.0 Å². The summed E-state index contributed by atoms with van der Waals surface area (Å²) in [5, 5.41) is 35.6. The van der Waals surface area contributed by atoms with Crippen molar-refractivity contribution in [1.29, 1.82) is 0 Å². The second kappa shape index (κ2) is 16.9. The summed E-state index contributed by atoms with van der Waals surface area (Å²) in [6.07, 6.45) is -2.46. The van der Waals surface area contributed by atoms with Crippen LogP contribution in [0.4, 0.5) is 21.0 Å². The number of aliphatic hydroxyl groups excluding tert-OH is 1. The van der Waals surface area contributed by atoms with Crippen molar-refractivity contribution in [2.45, 2.75) is 45.1 Å². The first kappa shape index (κ1) is 41.1. The predicted octanol–water partition coefficient (Wildman–Crippen LogP) is 6.97. The van der Waals surface area contributed by atoms with E-state index in [0.29, 0.717) is 15.9 Å². The van der Waals surface area contributed by atoms with Crippen LogP contribution in [0.5, 0.6) is 0 Å². The van der Waals surface area contributed by atoms with Gasteiger partial charge in [0.2, 0.25) is 0 Å². The fourth-order valence-electron chi connectivity index (χ4n) is 8.16. The van der Waals surface area contributed by atoms with Crippen LogP contribution in [0.25, 0.3) is 0 Å². The summed E-state index contributed by atoms with van der Waals surface area (Å²) in [7, 11) is 0. The quantitative estimate of drug-likeness (QED) is 0.0357. The maximum atomic E-state index is 15.8. The Morgan fingerprint density at radius 2 is 1.14 bits per heavy atom. The summed E-state index contributed by atoms with van der Waals surface area (Å²) in [5.74, 6) is -1.48. The van der Waals surface area contributed by atoms with Crippen molar-refractivity contribution in [2.75, 3.05) is 12.9 Å². The summed E-state index contributed by atoms with van der Waals surface area (Å²) in [6.45, 7) is -2.76. The van der Waals surface area contributed by atoms with E-state index in [2.05, 4.69) is 0 Å². The molecule has 58 heavy (non-hydrogen) atoms. The number of benzene rings is 5. The molecule has 1 N–H and O–H groups in total. The van der Waals surface area contributed by atoms with Gasteiger partial charge in [0.05, 0.1) is 0 Å². The molecule has 14 nitrogen and oxygen atoms in total. The molecule has 3 atom stereocenters. The number of amides is 1. The average Bonchev–Trinajstić information content (AvgIpc) is 3.24. The summed E-state index contributed by atoms with van der Waals surface area (Å²) < 4.78 is 17.2. The van der Waals surface area contributed by atoms with Crippen LogP contribution in [0.2, 0.25) is 0 Å². The molecule has 0 aromatic heterocycles. The van der Waals surface area contributed by atoms with Gasteiger partial charge in [0.15, 0.2) is 0 Å². The van der Waals surface area contributed by atoms with Crippen molar-refractivity contribution >= 4 is 51.7 Å². The molecule has 1 amide bonds. The van der Waals surface area contributed by atoms with Gasteiger partial charge in [0, 0.05) is 0 Å². The van der Waals surface area contributed by atoms with Crippen LogP contribution in [0.15, 0.2) is 140 Å². The van der Waals surface area contributed by atoms with Crippen LogP contribution in [0.1, 0.15) is 31.4 Å². The molecule has 3 unspecified atom stereocenters. The Morgan fingerprint density at radius 1 is 0.724 bits per heavy atom. The molecule has 1 aliphatic rings. The van der Waals surface area contributed by atoms with Crippen molar-refractivity contribution in [2.24, 2.45) is 5.92 Å². The zero-order valence-corrected chi connectivity index (χ0v) is 32.7. The van der Waals surface area contributed by atoms with Crippen LogP contribution in [-0.2, 0) is 32.2 Å². The van der Waals surface area contributed by atoms with Gasteiger partial charge in [0.1, 0.15) is 0 Å². The van der Waals surface area contributed by atoms with Crippen LogP contribution in [0.3, 0.4) is 0 Å². The number of likely N-dealkylation sites (tertiary alicyclic amines) is 1. The van der Waals surface area contributed by atoms with E-state index >= 15 is 4.79 Å². The van der Waals surface area contributed by atoms with E-state index in [1.54, 1.807) is 78.6 Å². The number of nitrogens with zero attached hydrogens (tertiary/aromatic N) is 3. The van der Waals surface area contributed by atoms with Crippen LogP contribution in [-0.4, -0.2) is 62.2 Å². The van der Waals surface area contributed by atoms with E-state index in [4.69, 9.17) is 14.2 Å². The van der Waals surface area contributed by atoms with E-state index in [0.717, 1.165) is 0 Å². The summed E-state index contributed by atoms with van der Waals surface area (Å²) in [5.41, 5.74) is -2.03. The number of rotatable bonds is 16. The molecule has 0 radical (unpaired) electrons. The van der Waals surface area contributed by atoms with Crippen molar-refractivity contribution in [3.05, 3.63) is 171 Å². The van der Waals surface area contributed by atoms with Crippen LogP contribution >= 0.6 is 6.60 Å². The second-order valence-corrected chi connectivity index (χ2v) is 19.0. The van der Waals surface area contributed by atoms with E-state index in [1.165, 1.54) is 43.3 Å². The molecule has 0 saturated carbocycles. The number of nitro benzene ring substituents is 2. The molecule has 0 aliphatic carbocycles. The minimum absolute atomic E-state index is 0.0263. The van der Waals surface area contributed by atoms with Crippen LogP contribution in [0, 0.1) is 26.1 Å². The van der Waals surface area contributed by atoms with Crippen molar-refractivity contribution in [3.63, 3.8) is 0 Å². The zero-order chi connectivity index (χ0) is 41.5. The fraction of sp³-hybridized carbons (Fsp3) is 0.233. The monoisotopic (exact) mass is 807 g/mol. The third kappa shape index (κ3) is 7.16. The van der Waals surface area contributed by atoms with E-state index in [1.807, 2.05) is 36.4 Å². The molecule has 0 spiro atoms. The summed E-state index contributed by atoms with van der Waals surface area (Å²) in [4.78, 5) is 67.4. The number of carbonyl (C=O) groups is 3. The maximum absolute atomic E-state index is 15.8. The topological polar surface area (TPSA) is 189 Å². The van der Waals surface area contributed by atoms with Gasteiger partial charge >= 0.3 is 319 Å². The molecule has 5 aromatic carbocycles. The van der Waals surface area contributed by atoms with Gasteiger partial charge in [-0.1, -0.05) is 6.07 Å². The third-order valence-corrected chi connectivity index (χ3v) is 17.2. The SMILES string of the molecule is CC(OC(=O)OCc1ccccc1[N+](=O)[O-])C1C(=O)N(CP(C(=O)OCc2ccccc2[N+](=O)[O-])(c2ccccc2)(c2ccccc2)c2ccccc2)C1(C)CCO. The van der Waals surface area contributed by atoms with Crippen molar-refractivity contribution < 1.29 is 43.5 Å². The summed E-state index contributed by atoms with van der Waals surface area (Å²) >= 11 is 0. The van der Waals surface area contributed by atoms with Crippen molar-refractivity contribution in [1.82, 2.24) is 4.90 Å². The average molecular weight is 808 g/mol. The molecule has 6 rings (SSSR count). The van der Waals surface area contributed by atoms with Gasteiger partial charge in [-0.25, -0.2) is 0 Å². The Balaban J connectivity index is 1.44. The zero-order valence-electron chi connectivity index (χ0n) is 31.8. The normalized spacial score (nSPS) is 17.5. The Bertz CT molecular complexity index is 2210. The molecular formula is C43H42N3O11P. The minimum atomic E-state index is -4.77. The number of nitro groups is 2. The van der Waals surface area contributed by atoms with Crippen molar-refractivity contribution in [3.8, 4) is 0 Å². The van der Waals surface area contributed by atoms with Gasteiger partial charge < -0.3 is 0 Å². The molecule has 15 heteroatoms. The Hall–Kier alpha value is -6.50. The molecular weight excluding hydrogens is 765 g/mol. The predicted molar refractivity (Wildman–Crippen MR) is 218 cm³/mol. The number of carbonyl (C=O) groups excluding carboxylic acids is 3. The number of ether oxygens (including phenoxy) is 3. The number of hydrogen-bond acceptors (Lipinski definition) is 11. The molecule has 1 heterocycles. The van der Waals surface area contributed by atoms with E-state index in [9.17, 15) is 34.9 Å². The first-order chi connectivity index (χ1) is 27.9. The first-order valence-electron chi connectivity index (χ1n) is 18.4. The molecule has 0 bridgehead atoms. The van der Waals surface area contributed by atoms with Crippen LogP contribution < -0.4 is 15.9 Å². The fourth-order valence-corrected chi connectivity index (χ4v) is 14.2. The Labute approximate surface area is 334 Å². The molecule has 1 saturated heterocycles. The second-order valence-electron chi connectivity index (χ2n) is 14.2. The van der Waals surface area contributed by atoms with Gasteiger partial charge in [-0.2, -0.15) is 0 Å². The Morgan fingerprint density at radius 3 is 1.57 bits per heavy atom. The molecule has 5 aromatic rings. The third-order valence-electron chi connectivity index (χ3n) is 11.1.